The van der Waals surface area contributed by atoms with Crippen molar-refractivity contribution in [2.45, 2.75) is 129 Å². The number of unbranched alkanes of at least 4 members (excludes halogenated alkanes) is 14. The molecule has 0 saturated carbocycles. The zero-order valence-corrected chi connectivity index (χ0v) is 25.3. The molecule has 2 heterocycles. The predicted molar refractivity (Wildman–Crippen MR) is 163 cm³/mol. The summed E-state index contributed by atoms with van der Waals surface area (Å²) >= 11 is 0. The molecule has 1 saturated heterocycles. The van der Waals surface area contributed by atoms with Crippen LogP contribution < -0.4 is 4.74 Å². The minimum atomic E-state index is -0.375. The van der Waals surface area contributed by atoms with E-state index in [1.807, 2.05) is 18.2 Å². The Bertz CT molecular complexity index is 911. The molecule has 0 atom stereocenters. The highest BCUT2D eigenvalue weighted by molar-refractivity contribution is 5.60. The summed E-state index contributed by atoms with van der Waals surface area (Å²) in [5.41, 5.74) is 2.36. The van der Waals surface area contributed by atoms with Crippen LogP contribution in [0.4, 0.5) is 4.39 Å². The van der Waals surface area contributed by atoms with Crippen LogP contribution in [-0.4, -0.2) is 24.8 Å². The van der Waals surface area contributed by atoms with E-state index in [1.54, 1.807) is 12.3 Å². The van der Waals surface area contributed by atoms with Gasteiger partial charge in [-0.25, -0.2) is 4.39 Å². The number of benzene rings is 1. The van der Waals surface area contributed by atoms with E-state index in [-0.39, 0.29) is 12.1 Å². The first-order valence-corrected chi connectivity index (χ1v) is 16.3. The number of rotatable bonds is 21. The summed E-state index contributed by atoms with van der Waals surface area (Å²) in [6.07, 6.45) is 23.2. The Hall–Kier alpha value is -1.98. The van der Waals surface area contributed by atoms with Gasteiger partial charge >= 0.3 is 0 Å². The van der Waals surface area contributed by atoms with Crippen LogP contribution in [0.3, 0.4) is 0 Å². The smallest absolute Gasteiger partial charge is 0.185 e. The number of ether oxygens (including phenoxy) is 3. The number of nitrogens with zero attached hydrogens (tertiary/aromatic N) is 1. The van der Waals surface area contributed by atoms with E-state index in [2.05, 4.69) is 18.8 Å². The SMILES string of the molecule is CCCCCCCCCCOc1ccc(-c2ccc([C@H]3OC[C@H](CCCCCCCCCC)CO3)cn2)cc1F. The van der Waals surface area contributed by atoms with Crippen molar-refractivity contribution in [2.24, 2.45) is 5.92 Å². The van der Waals surface area contributed by atoms with Gasteiger partial charge in [-0.1, -0.05) is 116 Å². The summed E-state index contributed by atoms with van der Waals surface area (Å²) in [6.45, 7) is 6.52. The lowest BCUT2D eigenvalue weighted by molar-refractivity contribution is -0.206. The molecule has 1 aliphatic heterocycles. The molecule has 1 aliphatic rings. The van der Waals surface area contributed by atoms with Gasteiger partial charge in [0.15, 0.2) is 17.9 Å². The van der Waals surface area contributed by atoms with E-state index in [0.29, 0.717) is 18.3 Å². The van der Waals surface area contributed by atoms with Crippen molar-refractivity contribution in [3.05, 3.63) is 47.9 Å². The molecule has 0 aliphatic carbocycles. The molecule has 0 amide bonds. The fourth-order valence-corrected chi connectivity index (χ4v) is 5.38. The summed E-state index contributed by atoms with van der Waals surface area (Å²) in [7, 11) is 0. The third-order valence-electron chi connectivity index (χ3n) is 7.97. The molecule has 0 radical (unpaired) electrons. The number of aromatic nitrogens is 1. The average Bonchev–Trinajstić information content (AvgIpc) is 2.99. The average molecular weight is 556 g/mol. The lowest BCUT2D eigenvalue weighted by Gasteiger charge is -2.29. The zero-order chi connectivity index (χ0) is 28.3. The Morgan fingerprint density at radius 2 is 1.35 bits per heavy atom. The van der Waals surface area contributed by atoms with E-state index in [1.165, 1.54) is 102 Å². The number of hydrogen-bond acceptors (Lipinski definition) is 4. The molecule has 3 rings (SSSR count). The van der Waals surface area contributed by atoms with Gasteiger partial charge in [0.2, 0.25) is 0 Å². The van der Waals surface area contributed by atoms with E-state index >= 15 is 0 Å². The molecule has 5 heteroatoms. The van der Waals surface area contributed by atoms with Crippen molar-refractivity contribution in [2.75, 3.05) is 19.8 Å². The first-order chi connectivity index (χ1) is 19.7. The Balaban J connectivity index is 1.32. The van der Waals surface area contributed by atoms with Crippen molar-refractivity contribution in [3.63, 3.8) is 0 Å². The quantitative estimate of drug-likeness (QED) is 0.144. The minimum absolute atomic E-state index is 0.314. The normalized spacial score (nSPS) is 17.3. The molecule has 0 bridgehead atoms. The number of halogens is 1. The van der Waals surface area contributed by atoms with Gasteiger partial charge < -0.3 is 14.2 Å². The van der Waals surface area contributed by atoms with Gasteiger partial charge in [0.1, 0.15) is 0 Å². The van der Waals surface area contributed by atoms with E-state index in [4.69, 9.17) is 14.2 Å². The highest BCUT2D eigenvalue weighted by atomic mass is 19.1. The highest BCUT2D eigenvalue weighted by Gasteiger charge is 2.23. The van der Waals surface area contributed by atoms with Crippen LogP contribution in [0.1, 0.15) is 135 Å². The molecule has 0 unspecified atom stereocenters. The van der Waals surface area contributed by atoms with E-state index in [9.17, 15) is 4.39 Å². The van der Waals surface area contributed by atoms with Crippen LogP contribution in [0.5, 0.6) is 5.75 Å². The summed E-state index contributed by atoms with van der Waals surface area (Å²) < 4.78 is 32.4. The van der Waals surface area contributed by atoms with Gasteiger partial charge in [0, 0.05) is 23.2 Å². The fraction of sp³-hybridized carbons (Fsp3) is 0.686. The van der Waals surface area contributed by atoms with Crippen LogP contribution in [0.15, 0.2) is 36.5 Å². The largest absolute Gasteiger partial charge is 0.491 e. The third-order valence-corrected chi connectivity index (χ3v) is 7.97. The molecule has 2 aromatic rings. The topological polar surface area (TPSA) is 40.6 Å². The molecular formula is C35H54FNO3. The second kappa shape index (κ2) is 20.0. The molecule has 224 valence electrons. The fourth-order valence-electron chi connectivity index (χ4n) is 5.38. The standard InChI is InChI=1S/C35H54FNO3/c1-3-5-7-9-11-13-15-17-19-29-27-39-35(40-28-29)31-20-22-33(37-26-31)30-21-23-34(32(36)25-30)38-24-18-16-14-12-10-8-6-4-2/h20-23,25-26,29,35H,3-19,24,27-28H2,1-2H3/t29-,35-. The molecule has 4 nitrogen and oxygen atoms in total. The summed E-state index contributed by atoms with van der Waals surface area (Å²) in [5, 5.41) is 0. The monoisotopic (exact) mass is 555 g/mol. The Labute approximate surface area is 243 Å². The summed E-state index contributed by atoms with van der Waals surface area (Å²) in [5.74, 6) is 0.445. The summed E-state index contributed by atoms with van der Waals surface area (Å²) in [4.78, 5) is 4.57. The van der Waals surface area contributed by atoms with E-state index in [0.717, 1.165) is 42.9 Å². The second-order valence-electron chi connectivity index (χ2n) is 11.6. The number of pyridine rings is 1. The van der Waals surface area contributed by atoms with Gasteiger partial charge in [0.05, 0.1) is 25.5 Å². The molecular weight excluding hydrogens is 501 g/mol. The van der Waals surface area contributed by atoms with Crippen LogP contribution in [0.25, 0.3) is 11.3 Å². The minimum Gasteiger partial charge on any atom is -0.491 e. The lowest BCUT2D eigenvalue weighted by Crippen LogP contribution is -2.27. The van der Waals surface area contributed by atoms with Gasteiger partial charge in [-0.3, -0.25) is 4.98 Å². The highest BCUT2D eigenvalue weighted by Crippen LogP contribution is 2.29. The Morgan fingerprint density at radius 1 is 0.750 bits per heavy atom. The van der Waals surface area contributed by atoms with Crippen LogP contribution in [0.2, 0.25) is 0 Å². The van der Waals surface area contributed by atoms with Crippen molar-refractivity contribution in [1.29, 1.82) is 0 Å². The third kappa shape index (κ3) is 12.3. The number of hydrogen-bond donors (Lipinski definition) is 0. The maximum atomic E-state index is 14.7. The van der Waals surface area contributed by atoms with Gasteiger partial charge in [-0.15, -0.1) is 0 Å². The second-order valence-corrected chi connectivity index (χ2v) is 11.6. The Morgan fingerprint density at radius 3 is 1.93 bits per heavy atom. The van der Waals surface area contributed by atoms with Gasteiger partial charge in [0.25, 0.3) is 0 Å². The first-order valence-electron chi connectivity index (χ1n) is 16.3. The molecule has 1 aromatic heterocycles. The molecule has 40 heavy (non-hydrogen) atoms. The molecule has 0 spiro atoms. The van der Waals surface area contributed by atoms with Crippen molar-refractivity contribution >= 4 is 0 Å². The maximum absolute atomic E-state index is 14.7. The van der Waals surface area contributed by atoms with Crippen molar-refractivity contribution in [1.82, 2.24) is 4.98 Å². The Kier molecular flexibility index (Phi) is 16.3. The zero-order valence-electron chi connectivity index (χ0n) is 25.3. The van der Waals surface area contributed by atoms with Crippen molar-refractivity contribution in [3.8, 4) is 17.0 Å². The van der Waals surface area contributed by atoms with Gasteiger partial charge in [-0.05, 0) is 37.1 Å². The van der Waals surface area contributed by atoms with E-state index < -0.39 is 0 Å². The van der Waals surface area contributed by atoms with Crippen molar-refractivity contribution < 1.29 is 18.6 Å². The molecule has 1 aromatic carbocycles. The van der Waals surface area contributed by atoms with Crippen LogP contribution in [0, 0.1) is 11.7 Å². The maximum Gasteiger partial charge on any atom is 0.185 e. The van der Waals surface area contributed by atoms with Gasteiger partial charge in [-0.2, -0.15) is 0 Å². The lowest BCUT2D eigenvalue weighted by atomic mass is 10.0. The van der Waals surface area contributed by atoms with Crippen LogP contribution in [-0.2, 0) is 9.47 Å². The molecule has 0 N–H and O–H groups in total. The predicted octanol–water partition coefficient (Wildman–Crippen LogP) is 10.6. The van der Waals surface area contributed by atoms with Crippen LogP contribution >= 0.6 is 0 Å². The first kappa shape index (κ1) is 32.5. The summed E-state index contributed by atoms with van der Waals surface area (Å²) in [6, 6.07) is 8.97. The molecule has 1 fully saturated rings.